The number of rotatable bonds is 3. The Morgan fingerprint density at radius 3 is 2.41 bits per heavy atom. The molecule has 22 heavy (non-hydrogen) atoms. The van der Waals surface area contributed by atoms with Crippen LogP contribution in [0.5, 0.6) is 5.75 Å². The topological polar surface area (TPSA) is 87.4 Å². The SMILES string of the molecule is O=[N+]([O-])c1ccc(NC(=S)Nc2cc(Cl)cc(Cl)c2O)cc1. The van der Waals surface area contributed by atoms with Crippen molar-refractivity contribution in [3.8, 4) is 5.75 Å². The largest absolute Gasteiger partial charge is 0.504 e. The summed E-state index contributed by atoms with van der Waals surface area (Å²) in [5, 5.41) is 26.6. The van der Waals surface area contributed by atoms with Crippen molar-refractivity contribution in [2.75, 3.05) is 10.6 Å². The van der Waals surface area contributed by atoms with Gasteiger partial charge in [-0.2, -0.15) is 0 Å². The minimum atomic E-state index is -0.494. The van der Waals surface area contributed by atoms with Crippen molar-refractivity contribution in [1.29, 1.82) is 0 Å². The molecule has 0 aliphatic carbocycles. The maximum absolute atomic E-state index is 10.6. The highest BCUT2D eigenvalue weighted by Crippen LogP contribution is 2.35. The molecule has 3 N–H and O–H groups in total. The summed E-state index contributed by atoms with van der Waals surface area (Å²) in [5.41, 5.74) is 0.774. The van der Waals surface area contributed by atoms with Gasteiger partial charge >= 0.3 is 0 Å². The predicted octanol–water partition coefficient (Wildman–Crippen LogP) is 4.42. The number of nitro benzene ring substituents is 1. The fourth-order valence-corrected chi connectivity index (χ4v) is 2.33. The van der Waals surface area contributed by atoms with Gasteiger partial charge in [0.05, 0.1) is 15.6 Å². The molecule has 9 heteroatoms. The molecule has 2 aromatic carbocycles. The number of benzene rings is 2. The molecule has 0 aliphatic heterocycles. The average molecular weight is 358 g/mol. The third-order valence-corrected chi connectivity index (χ3v) is 3.32. The highest BCUT2D eigenvalue weighted by atomic mass is 35.5. The van der Waals surface area contributed by atoms with Crippen molar-refractivity contribution in [3.63, 3.8) is 0 Å². The molecule has 114 valence electrons. The summed E-state index contributed by atoms with van der Waals surface area (Å²) in [6, 6.07) is 8.58. The summed E-state index contributed by atoms with van der Waals surface area (Å²) in [7, 11) is 0. The van der Waals surface area contributed by atoms with Crippen molar-refractivity contribution in [2.45, 2.75) is 0 Å². The first-order chi connectivity index (χ1) is 10.4. The third kappa shape index (κ3) is 3.97. The number of halogens is 2. The highest BCUT2D eigenvalue weighted by Gasteiger charge is 2.10. The van der Waals surface area contributed by atoms with Crippen molar-refractivity contribution < 1.29 is 10.0 Å². The Kier molecular flexibility index (Phi) is 5.02. The number of nitrogens with zero attached hydrogens (tertiary/aromatic N) is 1. The van der Waals surface area contributed by atoms with Gasteiger partial charge in [0.25, 0.3) is 5.69 Å². The van der Waals surface area contributed by atoms with Crippen LogP contribution in [-0.2, 0) is 0 Å². The van der Waals surface area contributed by atoms with E-state index in [2.05, 4.69) is 10.6 Å². The lowest BCUT2D eigenvalue weighted by Crippen LogP contribution is -2.19. The van der Waals surface area contributed by atoms with Gasteiger partial charge in [0.15, 0.2) is 10.9 Å². The Balaban J connectivity index is 2.09. The van der Waals surface area contributed by atoms with Gasteiger partial charge in [-0.05, 0) is 36.5 Å². The molecule has 0 saturated heterocycles. The zero-order chi connectivity index (χ0) is 16.3. The number of phenols is 1. The maximum atomic E-state index is 10.6. The first kappa shape index (κ1) is 16.3. The molecule has 0 saturated carbocycles. The van der Waals surface area contributed by atoms with E-state index in [9.17, 15) is 15.2 Å². The third-order valence-electron chi connectivity index (χ3n) is 2.61. The van der Waals surface area contributed by atoms with Crippen molar-refractivity contribution in [1.82, 2.24) is 0 Å². The number of hydrogen-bond acceptors (Lipinski definition) is 4. The van der Waals surface area contributed by atoms with Gasteiger partial charge in [-0.3, -0.25) is 10.1 Å². The summed E-state index contributed by atoms with van der Waals surface area (Å²) in [5.74, 6) is -0.182. The van der Waals surface area contributed by atoms with Crippen LogP contribution in [-0.4, -0.2) is 15.1 Å². The molecule has 0 unspecified atom stereocenters. The molecule has 0 fully saturated rings. The molecule has 0 radical (unpaired) electrons. The number of aromatic hydroxyl groups is 1. The number of hydrogen-bond donors (Lipinski definition) is 3. The molecular formula is C13H9Cl2N3O3S. The Hall–Kier alpha value is -2.09. The summed E-state index contributed by atoms with van der Waals surface area (Å²) in [4.78, 5) is 10.1. The molecule has 0 aliphatic rings. The first-order valence-corrected chi connectivity index (χ1v) is 7.03. The van der Waals surface area contributed by atoms with Crippen LogP contribution in [0.1, 0.15) is 0 Å². The number of nitrogens with one attached hydrogen (secondary N) is 2. The Bertz CT molecular complexity index is 738. The van der Waals surface area contributed by atoms with E-state index < -0.39 is 4.92 Å². The van der Waals surface area contributed by atoms with Crippen LogP contribution in [0.15, 0.2) is 36.4 Å². The van der Waals surface area contributed by atoms with Crippen LogP contribution in [0, 0.1) is 10.1 Å². The molecule has 0 atom stereocenters. The molecule has 2 rings (SSSR count). The van der Waals surface area contributed by atoms with E-state index in [1.165, 1.54) is 36.4 Å². The molecule has 0 spiro atoms. The number of nitro groups is 1. The fraction of sp³-hybridized carbons (Fsp3) is 0. The number of phenolic OH excluding ortho intramolecular Hbond substituents is 1. The molecule has 0 amide bonds. The van der Waals surface area contributed by atoms with E-state index in [0.717, 1.165) is 0 Å². The van der Waals surface area contributed by atoms with Crippen LogP contribution in [0.3, 0.4) is 0 Å². The summed E-state index contributed by atoms with van der Waals surface area (Å²) in [6.07, 6.45) is 0. The minimum absolute atomic E-state index is 0.0244. The van der Waals surface area contributed by atoms with E-state index in [4.69, 9.17) is 35.4 Å². The Morgan fingerprint density at radius 2 is 1.82 bits per heavy atom. The lowest BCUT2D eigenvalue weighted by molar-refractivity contribution is -0.384. The summed E-state index contributed by atoms with van der Waals surface area (Å²) >= 11 is 16.8. The molecule has 6 nitrogen and oxygen atoms in total. The normalized spacial score (nSPS) is 10.1. The van der Waals surface area contributed by atoms with E-state index in [-0.39, 0.29) is 27.3 Å². The van der Waals surface area contributed by atoms with Crippen LogP contribution in [0.25, 0.3) is 0 Å². The van der Waals surface area contributed by atoms with Gasteiger partial charge in [-0.15, -0.1) is 0 Å². The molecule has 2 aromatic rings. The van der Waals surface area contributed by atoms with Crippen LogP contribution in [0.4, 0.5) is 17.1 Å². The molecule has 0 heterocycles. The van der Waals surface area contributed by atoms with Gasteiger partial charge < -0.3 is 15.7 Å². The second-order valence-corrected chi connectivity index (χ2v) is 5.42. The average Bonchev–Trinajstić information content (AvgIpc) is 2.44. The number of anilines is 2. The number of non-ortho nitro benzene ring substituents is 1. The molecule has 0 bridgehead atoms. The minimum Gasteiger partial charge on any atom is -0.504 e. The predicted molar refractivity (Wildman–Crippen MR) is 91.1 cm³/mol. The zero-order valence-corrected chi connectivity index (χ0v) is 13.2. The van der Waals surface area contributed by atoms with E-state index >= 15 is 0 Å². The van der Waals surface area contributed by atoms with Gasteiger partial charge in [0, 0.05) is 22.8 Å². The fourth-order valence-electron chi connectivity index (χ4n) is 1.61. The smallest absolute Gasteiger partial charge is 0.269 e. The summed E-state index contributed by atoms with van der Waals surface area (Å²) in [6.45, 7) is 0. The zero-order valence-electron chi connectivity index (χ0n) is 10.8. The van der Waals surface area contributed by atoms with Crippen LogP contribution >= 0.6 is 35.4 Å². The van der Waals surface area contributed by atoms with E-state index in [1.807, 2.05) is 0 Å². The highest BCUT2D eigenvalue weighted by molar-refractivity contribution is 7.80. The van der Waals surface area contributed by atoms with Gasteiger partial charge in [0.2, 0.25) is 0 Å². The van der Waals surface area contributed by atoms with Crippen molar-refractivity contribution in [2.24, 2.45) is 0 Å². The van der Waals surface area contributed by atoms with Gasteiger partial charge in [-0.25, -0.2) is 0 Å². The van der Waals surface area contributed by atoms with Gasteiger partial charge in [0.1, 0.15) is 0 Å². The maximum Gasteiger partial charge on any atom is 0.269 e. The van der Waals surface area contributed by atoms with Crippen LogP contribution < -0.4 is 10.6 Å². The van der Waals surface area contributed by atoms with Crippen molar-refractivity contribution in [3.05, 3.63) is 56.6 Å². The van der Waals surface area contributed by atoms with E-state index in [1.54, 1.807) is 0 Å². The van der Waals surface area contributed by atoms with E-state index in [0.29, 0.717) is 10.7 Å². The lowest BCUT2D eigenvalue weighted by Gasteiger charge is -2.12. The number of thiocarbonyl (C=S) groups is 1. The second-order valence-electron chi connectivity index (χ2n) is 4.17. The Labute approximate surface area is 140 Å². The molecule has 0 aromatic heterocycles. The summed E-state index contributed by atoms with van der Waals surface area (Å²) < 4.78 is 0. The van der Waals surface area contributed by atoms with Crippen LogP contribution in [0.2, 0.25) is 10.0 Å². The molecular weight excluding hydrogens is 349 g/mol. The lowest BCUT2D eigenvalue weighted by atomic mass is 10.3. The standard InChI is InChI=1S/C13H9Cl2N3O3S/c14-7-5-10(15)12(19)11(6-7)17-13(22)16-8-1-3-9(4-2-8)18(20)21/h1-6,19H,(H2,16,17,22). The second kappa shape index (κ2) is 6.78. The first-order valence-electron chi connectivity index (χ1n) is 5.87. The quantitative estimate of drug-likeness (QED) is 0.326. The Morgan fingerprint density at radius 1 is 1.18 bits per heavy atom. The van der Waals surface area contributed by atoms with Crippen molar-refractivity contribution >= 4 is 57.6 Å². The monoisotopic (exact) mass is 357 g/mol. The van der Waals surface area contributed by atoms with Gasteiger partial charge in [-0.1, -0.05) is 23.2 Å².